The number of benzene rings is 3. The number of sulfone groups is 1. The van der Waals surface area contributed by atoms with E-state index in [1.54, 1.807) is 29.2 Å². The van der Waals surface area contributed by atoms with Crippen molar-refractivity contribution < 1.29 is 22.7 Å². The fourth-order valence-corrected chi connectivity index (χ4v) is 5.52. The molecule has 1 aliphatic heterocycles. The monoisotopic (exact) mass is 477 g/mol. The Hall–Kier alpha value is -3.58. The summed E-state index contributed by atoms with van der Waals surface area (Å²) in [6, 6.07) is 19.3. The molecule has 0 saturated heterocycles. The molecule has 176 valence electrons. The molecular weight excluding hydrogens is 450 g/mol. The van der Waals surface area contributed by atoms with Crippen LogP contribution in [0.15, 0.2) is 82.7 Å². The van der Waals surface area contributed by atoms with Gasteiger partial charge in [0.25, 0.3) is 0 Å². The molecule has 34 heavy (non-hydrogen) atoms. The quantitative estimate of drug-likeness (QED) is 0.388. The van der Waals surface area contributed by atoms with Gasteiger partial charge < -0.3 is 14.4 Å². The first kappa shape index (κ1) is 23.6. The van der Waals surface area contributed by atoms with E-state index in [1.807, 2.05) is 24.3 Å². The molecule has 1 aliphatic rings. The molecule has 3 aromatic rings. The van der Waals surface area contributed by atoms with Crippen LogP contribution in [0.5, 0.6) is 11.5 Å². The molecule has 0 bridgehead atoms. The Morgan fingerprint density at radius 3 is 2.29 bits per heavy atom. The normalized spacial score (nSPS) is 14.2. The second-order valence-electron chi connectivity index (χ2n) is 8.00. The van der Waals surface area contributed by atoms with Gasteiger partial charge in [-0.25, -0.2) is 8.42 Å². The second kappa shape index (κ2) is 9.73. The van der Waals surface area contributed by atoms with Gasteiger partial charge in [-0.1, -0.05) is 37.6 Å². The molecule has 0 aliphatic carbocycles. The highest BCUT2D eigenvalue weighted by molar-refractivity contribution is 7.96. The van der Waals surface area contributed by atoms with Crippen LogP contribution in [0.4, 0.5) is 11.4 Å². The molecule has 7 heteroatoms. The summed E-state index contributed by atoms with van der Waals surface area (Å²) in [5.74, 6) is 0.191. The highest BCUT2D eigenvalue weighted by atomic mass is 32.2. The lowest BCUT2D eigenvalue weighted by Gasteiger charge is -2.29. The number of aryl methyl sites for hydroxylation is 1. The van der Waals surface area contributed by atoms with Gasteiger partial charge in [-0.05, 0) is 60.9 Å². The molecule has 0 spiro atoms. The molecule has 0 fully saturated rings. The van der Waals surface area contributed by atoms with Crippen LogP contribution in [0.2, 0.25) is 0 Å². The van der Waals surface area contributed by atoms with E-state index >= 15 is 0 Å². The summed E-state index contributed by atoms with van der Waals surface area (Å²) >= 11 is 0. The molecule has 6 nitrogen and oxygen atoms in total. The van der Waals surface area contributed by atoms with Crippen LogP contribution in [0, 0.1) is 0 Å². The molecule has 0 amide bonds. The number of methoxy groups -OCH3 is 2. The largest absolute Gasteiger partial charge is 0.493 e. The Labute approximate surface area is 200 Å². The zero-order valence-electron chi connectivity index (χ0n) is 19.4. The van der Waals surface area contributed by atoms with Crippen molar-refractivity contribution in [1.29, 1.82) is 0 Å². The number of Topliss-reactive ketones (excluding diaryl/α,β-unsaturated/α-hetero) is 1. The number of hydrogen-bond acceptors (Lipinski definition) is 6. The number of nitrogens with zero attached hydrogens (tertiary/aromatic N) is 1. The average molecular weight is 478 g/mol. The van der Waals surface area contributed by atoms with Crippen LogP contribution in [-0.4, -0.2) is 28.4 Å². The van der Waals surface area contributed by atoms with E-state index in [0.717, 1.165) is 24.9 Å². The number of hydrogen-bond donors (Lipinski definition) is 0. The van der Waals surface area contributed by atoms with Crippen molar-refractivity contribution in [3.05, 3.63) is 89.0 Å². The standard InChI is InChI=1S/C27H27NO5S/c1-4-5-8-19-11-14-21(15-12-19)28-18-26(34(30,31)25-10-7-6-9-22(25)28)27(29)20-13-16-23(32-2)24(17-20)33-3/h6-7,9-18H,4-5,8H2,1-3H3. The van der Waals surface area contributed by atoms with Crippen molar-refractivity contribution in [1.82, 2.24) is 0 Å². The predicted octanol–water partition coefficient (Wildman–Crippen LogP) is 5.70. The minimum atomic E-state index is -4.03. The number of carbonyl (C=O) groups is 1. The van der Waals surface area contributed by atoms with Gasteiger partial charge in [-0.15, -0.1) is 0 Å². The maximum absolute atomic E-state index is 13.5. The topological polar surface area (TPSA) is 72.9 Å². The fraction of sp³-hybridized carbons (Fsp3) is 0.222. The molecule has 0 saturated carbocycles. The molecule has 0 radical (unpaired) electrons. The summed E-state index contributed by atoms with van der Waals surface area (Å²) in [5.41, 5.74) is 2.70. The second-order valence-corrected chi connectivity index (χ2v) is 9.89. The number of ether oxygens (including phenoxy) is 2. The number of rotatable bonds is 8. The van der Waals surface area contributed by atoms with Crippen molar-refractivity contribution in [2.45, 2.75) is 31.1 Å². The van der Waals surface area contributed by atoms with Crippen molar-refractivity contribution in [3.8, 4) is 11.5 Å². The molecule has 0 aromatic heterocycles. The van der Waals surface area contributed by atoms with E-state index in [0.29, 0.717) is 17.2 Å². The third-order valence-electron chi connectivity index (χ3n) is 5.85. The number of carbonyl (C=O) groups excluding carboxylic acids is 1. The third kappa shape index (κ3) is 4.31. The van der Waals surface area contributed by atoms with E-state index in [2.05, 4.69) is 6.92 Å². The molecule has 4 rings (SSSR count). The lowest BCUT2D eigenvalue weighted by Crippen LogP contribution is -2.25. The summed E-state index contributed by atoms with van der Waals surface area (Å²) in [6.45, 7) is 2.15. The van der Waals surface area contributed by atoms with Crippen LogP contribution in [0.25, 0.3) is 0 Å². The average Bonchev–Trinajstić information content (AvgIpc) is 2.87. The molecule has 0 unspecified atom stereocenters. The smallest absolute Gasteiger partial charge is 0.214 e. The van der Waals surface area contributed by atoms with Crippen LogP contribution in [0.3, 0.4) is 0 Å². The lowest BCUT2D eigenvalue weighted by molar-refractivity contribution is 0.104. The highest BCUT2D eigenvalue weighted by Gasteiger charge is 2.36. The van der Waals surface area contributed by atoms with Crippen LogP contribution >= 0.6 is 0 Å². The van der Waals surface area contributed by atoms with Gasteiger partial charge in [0.1, 0.15) is 4.91 Å². The van der Waals surface area contributed by atoms with Gasteiger partial charge >= 0.3 is 0 Å². The molecule has 3 aromatic carbocycles. The minimum Gasteiger partial charge on any atom is -0.493 e. The van der Waals surface area contributed by atoms with Crippen molar-refractivity contribution in [2.24, 2.45) is 0 Å². The summed E-state index contributed by atoms with van der Waals surface area (Å²) < 4.78 is 37.5. The van der Waals surface area contributed by atoms with Crippen molar-refractivity contribution in [2.75, 3.05) is 19.1 Å². The van der Waals surface area contributed by atoms with E-state index in [-0.39, 0.29) is 15.4 Å². The predicted molar refractivity (Wildman–Crippen MR) is 133 cm³/mol. The van der Waals surface area contributed by atoms with Crippen LogP contribution < -0.4 is 14.4 Å². The van der Waals surface area contributed by atoms with Crippen LogP contribution in [0.1, 0.15) is 35.7 Å². The fourth-order valence-electron chi connectivity index (χ4n) is 3.98. The van der Waals surface area contributed by atoms with Crippen molar-refractivity contribution in [3.63, 3.8) is 0 Å². The number of fused-ring (bicyclic) bond motifs is 1. The minimum absolute atomic E-state index is 0.0939. The van der Waals surface area contributed by atoms with Gasteiger partial charge in [-0.3, -0.25) is 4.79 Å². The Morgan fingerprint density at radius 2 is 1.62 bits per heavy atom. The van der Waals surface area contributed by atoms with E-state index in [1.165, 1.54) is 44.2 Å². The Kier molecular flexibility index (Phi) is 6.75. The van der Waals surface area contributed by atoms with E-state index in [4.69, 9.17) is 9.47 Å². The summed E-state index contributed by atoms with van der Waals surface area (Å²) in [6.07, 6.45) is 4.62. The third-order valence-corrected chi connectivity index (χ3v) is 7.65. The Balaban J connectivity index is 1.81. The molecule has 1 heterocycles. The first-order valence-corrected chi connectivity index (χ1v) is 12.6. The van der Waals surface area contributed by atoms with Gasteiger partial charge in [0, 0.05) is 17.5 Å². The first-order valence-electron chi connectivity index (χ1n) is 11.1. The van der Waals surface area contributed by atoms with E-state index in [9.17, 15) is 13.2 Å². The Morgan fingerprint density at radius 1 is 0.912 bits per heavy atom. The summed E-state index contributed by atoms with van der Waals surface area (Å²) in [7, 11) is -1.07. The number of para-hydroxylation sites is 1. The molecular formula is C27H27NO5S. The maximum Gasteiger partial charge on any atom is 0.214 e. The lowest BCUT2D eigenvalue weighted by atomic mass is 10.1. The van der Waals surface area contributed by atoms with Gasteiger partial charge in [0.05, 0.1) is 24.8 Å². The van der Waals surface area contributed by atoms with Gasteiger partial charge in [0.15, 0.2) is 11.5 Å². The van der Waals surface area contributed by atoms with Crippen LogP contribution in [-0.2, 0) is 16.3 Å². The van der Waals surface area contributed by atoms with Crippen molar-refractivity contribution >= 4 is 27.0 Å². The maximum atomic E-state index is 13.5. The number of anilines is 2. The highest BCUT2D eigenvalue weighted by Crippen LogP contribution is 2.41. The molecule has 0 atom stereocenters. The Bertz CT molecular complexity index is 1340. The SMILES string of the molecule is CCCCc1ccc(N2C=C(C(=O)c3ccc(OC)c(OC)c3)S(=O)(=O)c3ccccc32)cc1. The number of unbranched alkanes of at least 4 members (excludes halogenated alkanes) is 1. The summed E-state index contributed by atoms with van der Waals surface area (Å²) in [5, 5.41) is 0. The zero-order chi connectivity index (χ0) is 24.3. The zero-order valence-corrected chi connectivity index (χ0v) is 20.3. The summed E-state index contributed by atoms with van der Waals surface area (Å²) in [4.78, 5) is 15.0. The van der Waals surface area contributed by atoms with Gasteiger partial charge in [0.2, 0.25) is 15.6 Å². The van der Waals surface area contributed by atoms with Gasteiger partial charge in [-0.2, -0.15) is 0 Å². The number of allylic oxidation sites excluding steroid dienone is 1. The number of ketones is 1. The van der Waals surface area contributed by atoms with E-state index < -0.39 is 15.6 Å². The first-order chi connectivity index (χ1) is 16.4. The molecule has 0 N–H and O–H groups in total.